The molecular formula is C27H51N5O6. The Hall–Kier alpha value is -1.38. The number of benzene rings is 1. The smallest absolute Gasteiger partial charge is 0.119 e. The second kappa shape index (κ2) is 20.5. The summed E-state index contributed by atoms with van der Waals surface area (Å²) in [5, 5.41) is 17.8. The maximum absolute atomic E-state index is 8.43. The summed E-state index contributed by atoms with van der Waals surface area (Å²) in [7, 11) is 0. The van der Waals surface area contributed by atoms with Crippen molar-refractivity contribution in [3.05, 3.63) is 30.3 Å². The van der Waals surface area contributed by atoms with Crippen molar-refractivity contribution in [1.29, 1.82) is 0 Å². The minimum atomic E-state index is 0.222. The third-order valence-electron chi connectivity index (χ3n) is 6.14. The van der Waals surface area contributed by atoms with E-state index < -0.39 is 0 Å². The van der Waals surface area contributed by atoms with Gasteiger partial charge in [-0.25, -0.2) is 0 Å². The van der Waals surface area contributed by atoms with Crippen LogP contribution >= 0.6 is 0 Å². The average Bonchev–Trinajstić information content (AvgIpc) is 3.79. The van der Waals surface area contributed by atoms with Gasteiger partial charge in [-0.15, -0.1) is 0 Å². The zero-order chi connectivity index (χ0) is 27.3. The average molecular weight is 542 g/mol. The van der Waals surface area contributed by atoms with Crippen molar-refractivity contribution in [2.45, 2.75) is 38.8 Å². The Morgan fingerprint density at radius 3 is 2.11 bits per heavy atom. The fourth-order valence-electron chi connectivity index (χ4n) is 3.69. The lowest BCUT2D eigenvalue weighted by Gasteiger charge is -2.14. The fraction of sp³-hybridized carbons (Fsp3) is 0.778. The summed E-state index contributed by atoms with van der Waals surface area (Å²) in [5.74, 6) is 0. The Morgan fingerprint density at radius 1 is 0.921 bits per heavy atom. The third kappa shape index (κ3) is 15.3. The maximum atomic E-state index is 8.43. The van der Waals surface area contributed by atoms with Crippen LogP contribution in [-0.2, 0) is 23.7 Å². The molecule has 1 aromatic carbocycles. The second-order valence-electron chi connectivity index (χ2n) is 9.95. The lowest BCUT2D eigenvalue weighted by molar-refractivity contribution is 0.125. The molecule has 220 valence electrons. The van der Waals surface area contributed by atoms with E-state index in [0.717, 1.165) is 79.4 Å². The van der Waals surface area contributed by atoms with Gasteiger partial charge < -0.3 is 33.7 Å². The quantitative estimate of drug-likeness (QED) is 0.438. The van der Waals surface area contributed by atoms with Gasteiger partial charge in [0.15, 0.2) is 0 Å². The molecule has 4 N–H and O–H groups in total. The van der Waals surface area contributed by atoms with E-state index in [1.807, 2.05) is 18.2 Å². The molecule has 1 aromatic rings. The highest BCUT2D eigenvalue weighted by Crippen LogP contribution is 2.15. The van der Waals surface area contributed by atoms with Crippen LogP contribution in [0.5, 0.6) is 0 Å². The Kier molecular flexibility index (Phi) is 17.7. The highest BCUT2D eigenvalue weighted by molar-refractivity contribution is 5.45. The topological polar surface area (TPSA) is 109 Å². The van der Waals surface area contributed by atoms with Crippen molar-refractivity contribution in [2.24, 2.45) is 0 Å². The molecule has 0 aromatic heterocycles. The molecule has 5 fully saturated rings. The summed E-state index contributed by atoms with van der Waals surface area (Å²) in [4.78, 5) is 4.29. The number of nitrogens with one attached hydrogen (secondary N) is 3. The highest BCUT2D eigenvalue weighted by Gasteiger charge is 2.21. The minimum absolute atomic E-state index is 0.222. The maximum Gasteiger partial charge on any atom is 0.119 e. The molecule has 1 atom stereocenters. The molecule has 1 unspecified atom stereocenters. The van der Waals surface area contributed by atoms with Crippen LogP contribution in [0, 0.1) is 0 Å². The lowest BCUT2D eigenvalue weighted by Crippen LogP contribution is -2.34. The van der Waals surface area contributed by atoms with Gasteiger partial charge in [-0.1, -0.05) is 25.1 Å². The Balaban J connectivity index is 0.000000171. The fourth-order valence-corrected chi connectivity index (χ4v) is 3.69. The molecule has 5 aliphatic heterocycles. The Morgan fingerprint density at radius 2 is 1.71 bits per heavy atom. The number of hydrogen-bond donors (Lipinski definition) is 4. The zero-order valence-corrected chi connectivity index (χ0v) is 23.7. The van der Waals surface area contributed by atoms with E-state index in [-0.39, 0.29) is 12.1 Å². The zero-order valence-electron chi connectivity index (χ0n) is 23.7. The minimum Gasteiger partial charge on any atom is -0.395 e. The molecule has 0 bridgehead atoms. The summed E-state index contributed by atoms with van der Waals surface area (Å²) in [6.45, 7) is 18.4. The van der Waals surface area contributed by atoms with Crippen molar-refractivity contribution < 1.29 is 28.8 Å². The number of aliphatic hydroxyl groups is 1. The van der Waals surface area contributed by atoms with Gasteiger partial charge in [-0.05, 0) is 32.4 Å². The molecule has 5 heterocycles. The second-order valence-corrected chi connectivity index (χ2v) is 9.95. The van der Waals surface area contributed by atoms with Gasteiger partial charge >= 0.3 is 0 Å². The first-order valence-corrected chi connectivity index (χ1v) is 13.7. The van der Waals surface area contributed by atoms with Crippen molar-refractivity contribution in [1.82, 2.24) is 20.9 Å². The van der Waals surface area contributed by atoms with Gasteiger partial charge in [0.2, 0.25) is 0 Å². The van der Waals surface area contributed by atoms with Gasteiger partial charge in [0.25, 0.3) is 0 Å². The van der Waals surface area contributed by atoms with E-state index in [4.69, 9.17) is 28.8 Å². The van der Waals surface area contributed by atoms with E-state index in [9.17, 15) is 0 Å². The van der Waals surface area contributed by atoms with Crippen LogP contribution in [0.25, 0.3) is 0 Å². The largest absolute Gasteiger partial charge is 0.395 e. The normalized spacial score (nSPS) is 23.8. The van der Waals surface area contributed by atoms with E-state index in [0.29, 0.717) is 19.5 Å². The SMILES string of the molecule is C1COCN1.CC1(C)COCN1.CCC1COCN1.OCCN1CCOC1.c1ccc(N2CCOC2)cc1. The standard InChI is InChI=1S/C9H11NO.C5H11NO2.2C5H11NO.C3H7NO/c1-2-4-9(5-3-1)10-6-7-11-8-10;7-3-1-6-2-4-8-5-6;1-5(2)3-7-4-6-5;1-2-5-3-7-4-6-5;1-2-5-3-4-1/h1-5H,6-8H2;7H,1-5H2;6H,3-4H2,1-2H3;5-6H,2-4H2,1H3;4H,1-3H2. The summed E-state index contributed by atoms with van der Waals surface area (Å²) >= 11 is 0. The molecule has 5 aliphatic rings. The first-order chi connectivity index (χ1) is 18.5. The van der Waals surface area contributed by atoms with Gasteiger partial charge in [-0.2, -0.15) is 0 Å². The summed E-state index contributed by atoms with van der Waals surface area (Å²) in [6, 6.07) is 11.0. The summed E-state index contributed by atoms with van der Waals surface area (Å²) < 4.78 is 25.2. The van der Waals surface area contributed by atoms with Crippen molar-refractivity contribution >= 4 is 5.69 Å². The molecule has 38 heavy (non-hydrogen) atoms. The van der Waals surface area contributed by atoms with Gasteiger partial charge in [0.05, 0.1) is 66.6 Å². The summed E-state index contributed by atoms with van der Waals surface area (Å²) in [5.41, 5.74) is 1.48. The highest BCUT2D eigenvalue weighted by atomic mass is 16.5. The lowest BCUT2D eigenvalue weighted by atomic mass is 10.1. The van der Waals surface area contributed by atoms with E-state index in [1.165, 1.54) is 12.1 Å². The molecule has 6 rings (SSSR count). The number of aliphatic hydroxyl groups excluding tert-OH is 1. The van der Waals surface area contributed by atoms with Crippen LogP contribution in [0.15, 0.2) is 30.3 Å². The van der Waals surface area contributed by atoms with Crippen LogP contribution in [0.1, 0.15) is 27.2 Å². The first-order valence-electron chi connectivity index (χ1n) is 13.7. The Labute approximate surface area is 229 Å². The van der Waals surface area contributed by atoms with Crippen molar-refractivity contribution in [3.8, 4) is 0 Å². The van der Waals surface area contributed by atoms with E-state index in [1.54, 1.807) is 0 Å². The molecule has 11 heteroatoms. The van der Waals surface area contributed by atoms with Crippen LogP contribution in [0.4, 0.5) is 5.69 Å². The van der Waals surface area contributed by atoms with Crippen LogP contribution in [0.3, 0.4) is 0 Å². The number of rotatable bonds is 4. The number of anilines is 1. The number of hydrogen-bond acceptors (Lipinski definition) is 11. The molecule has 0 saturated carbocycles. The van der Waals surface area contributed by atoms with Gasteiger partial charge in [0.1, 0.15) is 6.73 Å². The van der Waals surface area contributed by atoms with Crippen molar-refractivity contribution in [2.75, 3.05) is 104 Å². The summed E-state index contributed by atoms with van der Waals surface area (Å²) in [6.07, 6.45) is 1.18. The molecule has 11 nitrogen and oxygen atoms in total. The first kappa shape index (κ1) is 32.8. The van der Waals surface area contributed by atoms with Crippen molar-refractivity contribution in [3.63, 3.8) is 0 Å². The van der Waals surface area contributed by atoms with Crippen LogP contribution in [0.2, 0.25) is 0 Å². The Bertz CT molecular complexity index is 650. The van der Waals surface area contributed by atoms with Gasteiger partial charge in [0, 0.05) is 43.4 Å². The number of β-amino-alcohol motifs (C(OH)–C–C–N with tert-alkyl or cyclic N) is 1. The molecule has 0 radical (unpaired) electrons. The van der Waals surface area contributed by atoms with Crippen LogP contribution in [-0.4, -0.2) is 121 Å². The van der Waals surface area contributed by atoms with Gasteiger partial charge in [-0.3, -0.25) is 20.9 Å². The monoisotopic (exact) mass is 541 g/mol. The molecule has 0 spiro atoms. The van der Waals surface area contributed by atoms with E-state index in [2.05, 4.69) is 58.7 Å². The predicted octanol–water partition coefficient (Wildman–Crippen LogP) is 0.997. The molecular weight excluding hydrogens is 490 g/mol. The predicted molar refractivity (Wildman–Crippen MR) is 149 cm³/mol. The number of nitrogens with zero attached hydrogens (tertiary/aromatic N) is 2. The molecule has 0 amide bonds. The van der Waals surface area contributed by atoms with Crippen LogP contribution < -0.4 is 20.9 Å². The number of para-hydroxylation sites is 1. The van der Waals surface area contributed by atoms with E-state index >= 15 is 0 Å². The number of ether oxygens (including phenoxy) is 5. The third-order valence-corrected chi connectivity index (χ3v) is 6.14. The molecule has 5 saturated heterocycles. The molecule has 0 aliphatic carbocycles.